The minimum atomic E-state index is -1.84. The number of halogens is 2. The van der Waals surface area contributed by atoms with Crippen LogP contribution < -0.4 is 37.6 Å². The maximum Gasteiger partial charge on any atom is 0.408 e. The number of carboxylic acid groups (broad SMARTS) is 1. The van der Waals surface area contributed by atoms with Gasteiger partial charge in [-0.05, 0) is 61.1 Å². The standard InChI is InChI=1S/C50H63F2N9O11/c1-30(56-45(67)31(2)57-49(71)72-29-33-14-10-7-11-15-33)46(68)59-39(24-43(65)66)48(70)58-38(47(69)55-20-19-54-41(63)25-53)18-21-61(42(64)28-62)44(50(3,4)5)40-22-34(36-23-35(51)16-17-37(36)52)27-60(40)26-32-12-8-6-9-13-32/h6-17,22-23,27,30-31,38-39,44,62H,18-21,24-26,28-29,53H2,1-5H3,(H,54,63)(H,55,69)(H,56,67)(H,57,71)(H,58,70)(H,59,68)(H,65,66)/t30-,31-,38-,39-,44-/m0/s1. The smallest absolute Gasteiger partial charge is 0.408 e. The molecule has 4 aromatic rings. The summed E-state index contributed by atoms with van der Waals surface area (Å²) in [6, 6.07) is 15.6. The number of nitrogens with two attached hydrogens (primary N) is 1. The van der Waals surface area contributed by atoms with Crippen molar-refractivity contribution in [3.63, 3.8) is 0 Å². The molecule has 1 heterocycles. The van der Waals surface area contributed by atoms with Gasteiger partial charge in [0.15, 0.2) is 0 Å². The van der Waals surface area contributed by atoms with Crippen molar-refractivity contribution in [1.29, 1.82) is 0 Å². The predicted molar refractivity (Wildman–Crippen MR) is 259 cm³/mol. The van der Waals surface area contributed by atoms with E-state index in [1.54, 1.807) is 67.9 Å². The average Bonchev–Trinajstić information content (AvgIpc) is 3.74. The Labute approximate surface area is 415 Å². The number of carboxylic acids is 1. The summed E-state index contributed by atoms with van der Waals surface area (Å²) in [7, 11) is 0. The molecule has 0 unspecified atom stereocenters. The molecule has 0 aliphatic carbocycles. The molecular weight excluding hydrogens is 941 g/mol. The molecule has 0 saturated carbocycles. The number of amides is 7. The number of carbonyl (C=O) groups is 8. The number of rotatable bonds is 25. The number of hydrogen-bond acceptors (Lipinski definition) is 11. The zero-order valence-corrected chi connectivity index (χ0v) is 40.7. The molecule has 5 atom stereocenters. The number of nitrogens with zero attached hydrogens (tertiary/aromatic N) is 2. The van der Waals surface area contributed by atoms with E-state index in [0.717, 1.165) is 23.8 Å². The van der Waals surface area contributed by atoms with Crippen molar-refractivity contribution in [2.75, 3.05) is 32.8 Å². The Hall–Kier alpha value is -7.72. The van der Waals surface area contributed by atoms with Gasteiger partial charge in [0.1, 0.15) is 49.0 Å². The Morgan fingerprint density at radius 3 is 1.96 bits per heavy atom. The number of nitrogens with one attached hydrogen (secondary N) is 6. The predicted octanol–water partition coefficient (Wildman–Crippen LogP) is 2.23. The second kappa shape index (κ2) is 27.0. The van der Waals surface area contributed by atoms with Crippen LogP contribution in [0.2, 0.25) is 0 Å². The van der Waals surface area contributed by atoms with E-state index in [1.807, 2.05) is 30.3 Å². The van der Waals surface area contributed by atoms with Crippen molar-refractivity contribution in [2.45, 2.75) is 90.8 Å². The molecule has 72 heavy (non-hydrogen) atoms. The molecule has 0 saturated heterocycles. The first-order chi connectivity index (χ1) is 34.1. The van der Waals surface area contributed by atoms with E-state index in [-0.39, 0.29) is 56.9 Å². The number of ether oxygens (including phenoxy) is 1. The highest BCUT2D eigenvalue weighted by molar-refractivity contribution is 5.96. The van der Waals surface area contributed by atoms with Crippen LogP contribution in [0.15, 0.2) is 91.1 Å². The highest BCUT2D eigenvalue weighted by atomic mass is 19.1. The van der Waals surface area contributed by atoms with Crippen LogP contribution in [0, 0.1) is 17.0 Å². The maximum atomic E-state index is 15.3. The van der Waals surface area contributed by atoms with Gasteiger partial charge in [-0.25, -0.2) is 13.6 Å². The Kier molecular flexibility index (Phi) is 21.4. The number of carbonyl (C=O) groups excluding carboxylic acids is 7. The van der Waals surface area contributed by atoms with Gasteiger partial charge in [0, 0.05) is 49.2 Å². The van der Waals surface area contributed by atoms with Crippen molar-refractivity contribution in [3.8, 4) is 11.1 Å². The van der Waals surface area contributed by atoms with Crippen molar-refractivity contribution in [3.05, 3.63) is 120 Å². The molecule has 1 aromatic heterocycles. The Balaban J connectivity index is 1.61. The van der Waals surface area contributed by atoms with Gasteiger partial charge in [-0.2, -0.15) is 0 Å². The van der Waals surface area contributed by atoms with Gasteiger partial charge in [0.25, 0.3) is 0 Å². The Bertz CT molecular complexity index is 2520. The molecule has 22 heteroatoms. The van der Waals surface area contributed by atoms with Gasteiger partial charge in [0.05, 0.1) is 19.0 Å². The molecular formula is C50H63F2N9O11. The van der Waals surface area contributed by atoms with Crippen LogP contribution in [0.4, 0.5) is 13.6 Å². The van der Waals surface area contributed by atoms with Crippen molar-refractivity contribution in [1.82, 2.24) is 41.4 Å². The van der Waals surface area contributed by atoms with E-state index in [1.165, 1.54) is 18.7 Å². The number of hydrogen-bond donors (Lipinski definition) is 9. The summed E-state index contributed by atoms with van der Waals surface area (Å²) in [4.78, 5) is 106. The van der Waals surface area contributed by atoms with E-state index in [4.69, 9.17) is 10.5 Å². The molecule has 10 N–H and O–H groups in total. The van der Waals surface area contributed by atoms with Crippen LogP contribution in [-0.2, 0) is 51.5 Å². The van der Waals surface area contributed by atoms with Gasteiger partial charge in [-0.1, -0.05) is 81.4 Å². The molecule has 7 amide bonds. The second-order valence-corrected chi connectivity index (χ2v) is 17.9. The molecule has 0 radical (unpaired) electrons. The lowest BCUT2D eigenvalue weighted by Gasteiger charge is -2.41. The number of benzene rings is 3. The number of aliphatic hydroxyl groups is 1. The van der Waals surface area contributed by atoms with Crippen molar-refractivity contribution >= 4 is 47.5 Å². The highest BCUT2D eigenvalue weighted by Gasteiger charge is 2.38. The van der Waals surface area contributed by atoms with Gasteiger partial charge in [-0.3, -0.25) is 33.6 Å². The van der Waals surface area contributed by atoms with E-state index in [0.29, 0.717) is 11.3 Å². The van der Waals surface area contributed by atoms with E-state index < -0.39 is 108 Å². The summed E-state index contributed by atoms with van der Waals surface area (Å²) in [5.41, 5.74) is 6.66. The van der Waals surface area contributed by atoms with E-state index in [9.17, 15) is 53.0 Å². The monoisotopic (exact) mass is 1000 g/mol. The van der Waals surface area contributed by atoms with Crippen LogP contribution in [-0.4, -0.2) is 124 Å². The van der Waals surface area contributed by atoms with Crippen LogP contribution >= 0.6 is 0 Å². The largest absolute Gasteiger partial charge is 0.481 e. The quantitative estimate of drug-likeness (QED) is 0.0432. The topological polar surface area (TPSA) is 293 Å². The number of alkyl carbamates (subject to hydrolysis) is 1. The van der Waals surface area contributed by atoms with Gasteiger partial charge in [0.2, 0.25) is 35.4 Å². The zero-order valence-electron chi connectivity index (χ0n) is 40.7. The summed E-state index contributed by atoms with van der Waals surface area (Å²) in [5, 5.41) is 34.7. The first kappa shape index (κ1) is 56.9. The molecule has 3 aromatic carbocycles. The molecule has 4 rings (SSSR count). The molecule has 0 spiro atoms. The Morgan fingerprint density at radius 1 is 0.750 bits per heavy atom. The van der Waals surface area contributed by atoms with Crippen molar-refractivity contribution < 1.29 is 62.1 Å². The lowest BCUT2D eigenvalue weighted by Crippen LogP contribution is -2.58. The first-order valence-electron chi connectivity index (χ1n) is 23.1. The average molecular weight is 1000 g/mol. The van der Waals surface area contributed by atoms with Gasteiger partial charge in [-0.15, -0.1) is 0 Å². The van der Waals surface area contributed by atoms with Crippen LogP contribution in [0.25, 0.3) is 11.1 Å². The van der Waals surface area contributed by atoms with Crippen LogP contribution in [0.1, 0.15) is 70.3 Å². The summed E-state index contributed by atoms with van der Waals surface area (Å²) >= 11 is 0. The number of aliphatic carboxylic acids is 1. The SMILES string of the molecule is C[C@H](NC(=O)OCc1ccccc1)C(=O)N[C@@H](C)C(=O)N[C@@H](CC(=O)O)C(=O)N[C@@H](CCN(C(=O)CO)[C@@H](c1cc(-c2cc(F)ccc2F)cn1Cc1ccccc1)C(C)(C)C)C(=O)NCCNC(=O)CN. The van der Waals surface area contributed by atoms with E-state index in [2.05, 4.69) is 31.9 Å². The third-order valence-corrected chi connectivity index (χ3v) is 11.2. The summed E-state index contributed by atoms with van der Waals surface area (Å²) in [6.07, 6.45) is -0.672. The highest BCUT2D eigenvalue weighted by Crippen LogP contribution is 2.41. The molecule has 0 aliphatic rings. The molecule has 0 aliphatic heterocycles. The van der Waals surface area contributed by atoms with Crippen LogP contribution in [0.5, 0.6) is 0 Å². The summed E-state index contributed by atoms with van der Waals surface area (Å²) in [6.45, 7) is 6.18. The maximum absolute atomic E-state index is 15.3. The minimum Gasteiger partial charge on any atom is -0.481 e. The molecule has 388 valence electrons. The van der Waals surface area contributed by atoms with Crippen molar-refractivity contribution in [2.24, 2.45) is 11.1 Å². The van der Waals surface area contributed by atoms with Gasteiger partial charge < -0.3 is 62.1 Å². The third-order valence-electron chi connectivity index (χ3n) is 11.2. The third kappa shape index (κ3) is 17.3. The second-order valence-electron chi connectivity index (χ2n) is 17.9. The summed E-state index contributed by atoms with van der Waals surface area (Å²) < 4.78 is 36.8. The minimum absolute atomic E-state index is 0.0547. The lowest BCUT2D eigenvalue weighted by atomic mass is 9.82. The lowest BCUT2D eigenvalue weighted by molar-refractivity contribution is -0.142. The fourth-order valence-corrected chi connectivity index (χ4v) is 7.58. The molecule has 0 fully saturated rings. The first-order valence-corrected chi connectivity index (χ1v) is 23.1. The number of aromatic nitrogens is 1. The summed E-state index contributed by atoms with van der Waals surface area (Å²) in [5.74, 6) is -8.09. The Morgan fingerprint density at radius 2 is 1.35 bits per heavy atom. The van der Waals surface area contributed by atoms with Gasteiger partial charge >= 0.3 is 12.1 Å². The normalized spacial score (nSPS) is 13.2. The van der Waals surface area contributed by atoms with Crippen LogP contribution in [0.3, 0.4) is 0 Å². The number of aliphatic hydroxyl groups excluding tert-OH is 1. The zero-order chi connectivity index (χ0) is 53.1. The van der Waals surface area contributed by atoms with E-state index >= 15 is 4.39 Å². The fraction of sp³-hybridized carbons (Fsp3) is 0.400. The fourth-order valence-electron chi connectivity index (χ4n) is 7.58. The molecule has 20 nitrogen and oxygen atoms in total. The molecule has 0 bridgehead atoms.